The Morgan fingerprint density at radius 2 is 0.596 bits per heavy atom. The maximum atomic E-state index is 10.9. The largest absolute Gasteiger partial charge is 0.469 e. The van der Waals surface area contributed by atoms with E-state index in [1.165, 1.54) is 251 Å². The molecule has 1 N–H and O–H groups in total. The van der Waals surface area contributed by atoms with Gasteiger partial charge in [0.2, 0.25) is 0 Å². The number of hydrogen-bond acceptors (Lipinski definition) is 3. The third kappa shape index (κ3) is 53.5. The Labute approximate surface area is 329 Å². The van der Waals surface area contributed by atoms with Crippen LogP contribution in [-0.4, -0.2) is 24.8 Å². The summed E-state index contributed by atoms with van der Waals surface area (Å²) in [6.07, 6.45) is 62.0. The Bertz CT molecular complexity index is 616. The van der Waals surface area contributed by atoms with Crippen LogP contribution in [-0.2, 0) is 9.53 Å². The van der Waals surface area contributed by atoms with E-state index < -0.39 is 0 Å². The normalized spacial score (nSPS) is 11.3. The van der Waals surface area contributed by atoms with Gasteiger partial charge in [-0.05, 0) is 38.5 Å². The van der Waals surface area contributed by atoms with Crippen molar-refractivity contribution < 1.29 is 14.6 Å². The molecule has 0 rings (SSSR count). The summed E-state index contributed by atoms with van der Waals surface area (Å²) in [6, 6.07) is 0. The van der Waals surface area contributed by atoms with Crippen LogP contribution in [0.5, 0.6) is 0 Å². The van der Waals surface area contributed by atoms with E-state index in [0.29, 0.717) is 13.0 Å². The fourth-order valence-electron chi connectivity index (χ4n) is 7.22. The lowest BCUT2D eigenvalue weighted by Crippen LogP contribution is -1.98. The zero-order valence-corrected chi connectivity index (χ0v) is 36.3. The molecule has 3 heteroatoms. The van der Waals surface area contributed by atoms with E-state index in [4.69, 9.17) is 5.11 Å². The molecule has 0 heterocycles. The van der Waals surface area contributed by atoms with Crippen LogP contribution >= 0.6 is 0 Å². The first-order chi connectivity index (χ1) is 25.7. The van der Waals surface area contributed by atoms with Gasteiger partial charge in [-0.2, -0.15) is 0 Å². The molecule has 0 bridgehead atoms. The molecule has 312 valence electrons. The van der Waals surface area contributed by atoms with Crippen molar-refractivity contribution in [2.45, 2.75) is 284 Å². The minimum absolute atomic E-state index is 0.0763. The number of ether oxygens (including phenoxy) is 1. The van der Waals surface area contributed by atoms with E-state index >= 15 is 0 Å². The number of carbonyl (C=O) groups excluding carboxylic acids is 1. The highest BCUT2D eigenvalue weighted by molar-refractivity contribution is 5.68. The van der Waals surface area contributed by atoms with Crippen LogP contribution in [0.3, 0.4) is 0 Å². The molecule has 0 radical (unpaired) electrons. The molecular weight excluding hydrogens is 637 g/mol. The highest BCUT2D eigenvalue weighted by atomic mass is 16.5. The molecule has 0 atom stereocenters. The molecule has 0 saturated heterocycles. The number of aliphatic hydroxyl groups excluding tert-OH is 1. The molecule has 0 spiro atoms. The minimum Gasteiger partial charge on any atom is -0.469 e. The van der Waals surface area contributed by atoms with Crippen molar-refractivity contribution >= 4 is 5.97 Å². The van der Waals surface area contributed by atoms with Crippen molar-refractivity contribution in [2.75, 3.05) is 13.7 Å². The number of esters is 1. The first-order valence-corrected chi connectivity index (χ1v) is 24.1. The van der Waals surface area contributed by atoms with Gasteiger partial charge in [-0.25, -0.2) is 0 Å². The maximum Gasteiger partial charge on any atom is 0.305 e. The summed E-state index contributed by atoms with van der Waals surface area (Å²) in [4.78, 5) is 10.9. The number of methoxy groups -OCH3 is 1. The Morgan fingerprint density at radius 3 is 0.846 bits per heavy atom. The molecule has 0 aliphatic heterocycles. The Balaban J connectivity index is 0. The monoisotopic (exact) mass is 735 g/mol. The van der Waals surface area contributed by atoms with E-state index in [-0.39, 0.29) is 5.97 Å². The van der Waals surface area contributed by atoms with Gasteiger partial charge in [0.1, 0.15) is 0 Å². The zero-order chi connectivity index (χ0) is 38.1. The highest BCUT2D eigenvalue weighted by Gasteiger charge is 1.99. The van der Waals surface area contributed by atoms with E-state index in [9.17, 15) is 4.79 Å². The Kier molecular flexibility index (Phi) is 53.6. The summed E-state index contributed by atoms with van der Waals surface area (Å²) >= 11 is 0. The van der Waals surface area contributed by atoms with E-state index in [1.807, 2.05) is 0 Å². The summed E-state index contributed by atoms with van der Waals surface area (Å²) in [6.45, 7) is 4.94. The van der Waals surface area contributed by atoms with Crippen molar-refractivity contribution in [3.63, 3.8) is 0 Å². The fourth-order valence-corrected chi connectivity index (χ4v) is 7.22. The van der Waals surface area contributed by atoms with Gasteiger partial charge in [0.25, 0.3) is 0 Å². The molecule has 0 amide bonds. The van der Waals surface area contributed by atoms with Crippen molar-refractivity contribution in [3.05, 3.63) is 12.2 Å². The van der Waals surface area contributed by atoms with E-state index in [1.54, 1.807) is 0 Å². The molecular formula is C49H98O3. The second-order valence-electron chi connectivity index (χ2n) is 16.2. The van der Waals surface area contributed by atoms with Gasteiger partial charge in [0.05, 0.1) is 7.11 Å². The van der Waals surface area contributed by atoms with Gasteiger partial charge >= 0.3 is 5.97 Å². The van der Waals surface area contributed by atoms with Gasteiger partial charge < -0.3 is 9.84 Å². The average Bonchev–Trinajstić information content (AvgIpc) is 3.16. The van der Waals surface area contributed by atoms with Crippen LogP contribution in [0.25, 0.3) is 0 Å². The molecule has 52 heavy (non-hydrogen) atoms. The summed E-state index contributed by atoms with van der Waals surface area (Å²) in [5.74, 6) is -0.0763. The highest BCUT2D eigenvalue weighted by Crippen LogP contribution is 2.16. The van der Waals surface area contributed by atoms with Gasteiger partial charge in [-0.15, -0.1) is 0 Å². The van der Waals surface area contributed by atoms with E-state index in [0.717, 1.165) is 19.3 Å². The lowest BCUT2D eigenvalue weighted by atomic mass is 10.0. The molecule has 0 aliphatic carbocycles. The summed E-state index contributed by atoms with van der Waals surface area (Å²) in [7, 11) is 1.46. The van der Waals surface area contributed by atoms with Crippen LogP contribution in [0.1, 0.15) is 284 Å². The van der Waals surface area contributed by atoms with Crippen LogP contribution < -0.4 is 0 Å². The Hall–Kier alpha value is -0.830. The van der Waals surface area contributed by atoms with Crippen LogP contribution in [0, 0.1) is 0 Å². The molecule has 0 fully saturated rings. The van der Waals surface area contributed by atoms with Gasteiger partial charge in [0, 0.05) is 13.0 Å². The SMILES string of the molecule is CCCCCCCC/C=C\CCCCCCCC(=O)OC.CCCCCCCCCCCCCCCCCCCCCCCCCCCCCCO. The predicted octanol–water partition coefficient (Wildman–Crippen LogP) is 17.1. The molecule has 0 aromatic heterocycles. The van der Waals surface area contributed by atoms with Crippen molar-refractivity contribution in [1.29, 1.82) is 0 Å². The lowest BCUT2D eigenvalue weighted by Gasteiger charge is -2.04. The maximum absolute atomic E-state index is 10.9. The van der Waals surface area contributed by atoms with Crippen LogP contribution in [0.2, 0.25) is 0 Å². The number of hydrogen-bond donors (Lipinski definition) is 1. The Morgan fingerprint density at radius 1 is 0.365 bits per heavy atom. The fraction of sp³-hybridized carbons (Fsp3) is 0.939. The van der Waals surface area contributed by atoms with Crippen molar-refractivity contribution in [3.8, 4) is 0 Å². The van der Waals surface area contributed by atoms with Crippen LogP contribution in [0.15, 0.2) is 12.2 Å². The first kappa shape index (κ1) is 53.3. The van der Waals surface area contributed by atoms with Crippen molar-refractivity contribution in [2.24, 2.45) is 0 Å². The standard InChI is InChI=1S/C30H62O.C19H36O2/c1-2-3-4-5-6-7-8-9-10-11-12-13-14-15-16-17-18-19-20-21-22-23-24-25-26-27-28-29-30-31;1-3-4-5-6-7-8-9-10-11-12-13-14-15-16-17-18-19(20)21-2/h31H,2-30H2,1H3;10-11H,3-9,12-18H2,1-2H3/b;11-10-. The molecule has 0 aliphatic rings. The van der Waals surface area contributed by atoms with Crippen molar-refractivity contribution in [1.82, 2.24) is 0 Å². The summed E-state index contributed by atoms with van der Waals surface area (Å²) < 4.78 is 4.62. The number of rotatable bonds is 43. The third-order valence-corrected chi connectivity index (χ3v) is 10.9. The number of carbonyl (C=O) groups is 1. The number of allylic oxidation sites excluding steroid dienone is 2. The molecule has 0 aromatic carbocycles. The second kappa shape index (κ2) is 52.3. The number of unbranched alkanes of at least 4 members (excludes halogenated alkanes) is 38. The number of aliphatic hydroxyl groups is 1. The smallest absolute Gasteiger partial charge is 0.305 e. The average molecular weight is 735 g/mol. The molecule has 0 unspecified atom stereocenters. The van der Waals surface area contributed by atoms with Crippen LogP contribution in [0.4, 0.5) is 0 Å². The second-order valence-corrected chi connectivity index (χ2v) is 16.2. The van der Waals surface area contributed by atoms with Gasteiger partial charge in [0.15, 0.2) is 0 Å². The zero-order valence-electron chi connectivity index (χ0n) is 36.3. The molecule has 0 saturated carbocycles. The van der Waals surface area contributed by atoms with Gasteiger partial charge in [-0.3, -0.25) is 4.79 Å². The topological polar surface area (TPSA) is 46.5 Å². The molecule has 3 nitrogen and oxygen atoms in total. The minimum atomic E-state index is -0.0763. The quantitative estimate of drug-likeness (QED) is 0.0385. The van der Waals surface area contributed by atoms with Gasteiger partial charge in [-0.1, -0.05) is 251 Å². The third-order valence-electron chi connectivity index (χ3n) is 10.9. The summed E-state index contributed by atoms with van der Waals surface area (Å²) in [5, 5.41) is 8.76. The first-order valence-electron chi connectivity index (χ1n) is 24.1. The van der Waals surface area contributed by atoms with E-state index in [2.05, 4.69) is 30.7 Å². The predicted molar refractivity (Wildman–Crippen MR) is 234 cm³/mol. The lowest BCUT2D eigenvalue weighted by molar-refractivity contribution is -0.140. The molecule has 0 aromatic rings. The summed E-state index contributed by atoms with van der Waals surface area (Å²) in [5.41, 5.74) is 0.